The van der Waals surface area contributed by atoms with Crippen LogP contribution >= 0.6 is 0 Å². The molecule has 0 aliphatic heterocycles. The average Bonchev–Trinajstić information content (AvgIpc) is 1.87. The Bertz CT molecular complexity index is 97.1. The van der Waals surface area contributed by atoms with Gasteiger partial charge in [-0.25, -0.2) is 0 Å². The van der Waals surface area contributed by atoms with E-state index in [0.717, 1.165) is 12.8 Å². The summed E-state index contributed by atoms with van der Waals surface area (Å²) >= 11 is 0. The summed E-state index contributed by atoms with van der Waals surface area (Å²) in [5.74, 6) is -0.670. The Balaban J connectivity index is -0.000000405. The molecular weight excluding hydrogens is 245 g/mol. The van der Waals surface area contributed by atoms with Crippen LogP contribution in [0.5, 0.6) is 0 Å². The van der Waals surface area contributed by atoms with E-state index in [0.29, 0.717) is 6.42 Å². The van der Waals surface area contributed by atoms with Crippen LogP contribution in [0.2, 0.25) is 0 Å². The smallest absolute Gasteiger partial charge is 0.303 e. The van der Waals surface area contributed by atoms with Gasteiger partial charge in [0.1, 0.15) is 0 Å². The molecule has 0 saturated heterocycles. The largest absolute Gasteiger partial charge is 0.481 e. The maximum atomic E-state index is 10.0. The summed E-state index contributed by atoms with van der Waals surface area (Å²) in [6.45, 7) is 2.15. The Kier molecular flexibility index (Phi) is 21.3. The molecule has 0 aromatic carbocycles. The number of aliphatic carboxylic acids is 1. The van der Waals surface area contributed by atoms with Gasteiger partial charge in [-0.05, 0) is 6.42 Å². The first kappa shape index (κ1) is 18.3. The summed E-state index contributed by atoms with van der Waals surface area (Å²) in [4.78, 5) is 10.0. The predicted octanol–water partition coefficient (Wildman–Crippen LogP) is 2.43. The fourth-order valence-electron chi connectivity index (χ4n) is 0.880. The van der Waals surface area contributed by atoms with E-state index < -0.39 is 5.97 Å². The molecule has 0 bridgehead atoms. The fourth-order valence-corrected chi connectivity index (χ4v) is 0.880. The SMILES string of the molecule is CCCCCCCC(=O)O.[Ni].[Ni]. The minimum Gasteiger partial charge on any atom is -0.481 e. The van der Waals surface area contributed by atoms with Gasteiger partial charge in [0.05, 0.1) is 0 Å². The Morgan fingerprint density at radius 1 is 1.08 bits per heavy atom. The summed E-state index contributed by atoms with van der Waals surface area (Å²) in [5, 5.41) is 8.27. The van der Waals surface area contributed by atoms with Crippen LogP contribution in [0.15, 0.2) is 0 Å². The molecule has 0 heterocycles. The second-order valence-electron chi connectivity index (χ2n) is 2.56. The van der Waals surface area contributed by atoms with E-state index in [2.05, 4.69) is 6.92 Å². The summed E-state index contributed by atoms with van der Waals surface area (Å²) in [5.41, 5.74) is 0. The molecule has 0 amide bonds. The Hall–Kier alpha value is 0.457. The molecule has 0 radical (unpaired) electrons. The maximum Gasteiger partial charge on any atom is 0.303 e. The summed E-state index contributed by atoms with van der Waals surface area (Å²) in [6.07, 6.45) is 5.88. The fraction of sp³-hybridized carbons (Fsp3) is 0.875. The average molecular weight is 262 g/mol. The van der Waals surface area contributed by atoms with Crippen molar-refractivity contribution in [3.8, 4) is 0 Å². The third kappa shape index (κ3) is 16.8. The predicted molar refractivity (Wildman–Crippen MR) is 41.0 cm³/mol. The maximum absolute atomic E-state index is 10.0. The van der Waals surface area contributed by atoms with Crippen LogP contribution in [0.25, 0.3) is 0 Å². The number of hydrogen-bond donors (Lipinski definition) is 1. The van der Waals surface area contributed by atoms with Crippen molar-refractivity contribution in [3.05, 3.63) is 0 Å². The van der Waals surface area contributed by atoms with Gasteiger partial charge >= 0.3 is 5.97 Å². The first-order chi connectivity index (χ1) is 4.77. The zero-order chi connectivity index (χ0) is 7.82. The number of unbranched alkanes of at least 4 members (excludes halogenated alkanes) is 4. The molecule has 0 unspecified atom stereocenters. The van der Waals surface area contributed by atoms with E-state index in [4.69, 9.17) is 5.11 Å². The van der Waals surface area contributed by atoms with Crippen molar-refractivity contribution >= 4 is 5.97 Å². The topological polar surface area (TPSA) is 37.3 Å². The standard InChI is InChI=1S/C8H16O2.2Ni/c1-2-3-4-5-6-7-8(9)10;;/h2-7H2,1H3,(H,9,10);;. The van der Waals surface area contributed by atoms with Crippen LogP contribution in [0.4, 0.5) is 0 Å². The van der Waals surface area contributed by atoms with Crippen LogP contribution in [0.3, 0.4) is 0 Å². The Morgan fingerprint density at radius 2 is 1.58 bits per heavy atom. The molecule has 12 heavy (non-hydrogen) atoms. The van der Waals surface area contributed by atoms with Crippen molar-refractivity contribution in [3.63, 3.8) is 0 Å². The van der Waals surface area contributed by atoms with Crippen LogP contribution in [-0.2, 0) is 37.8 Å². The molecular formula is C8H16Ni2O2. The number of carbonyl (C=O) groups is 1. The van der Waals surface area contributed by atoms with Gasteiger partial charge in [-0.1, -0.05) is 32.6 Å². The van der Waals surface area contributed by atoms with Gasteiger partial charge in [0, 0.05) is 39.4 Å². The third-order valence-electron chi connectivity index (χ3n) is 1.49. The molecule has 2 nitrogen and oxygen atoms in total. The number of carboxylic acids is 1. The number of rotatable bonds is 6. The minimum absolute atomic E-state index is 0. The molecule has 4 heteroatoms. The van der Waals surface area contributed by atoms with Crippen LogP contribution in [0.1, 0.15) is 45.4 Å². The van der Waals surface area contributed by atoms with Crippen molar-refractivity contribution < 1.29 is 42.9 Å². The molecule has 0 aromatic heterocycles. The van der Waals surface area contributed by atoms with Gasteiger partial charge in [-0.15, -0.1) is 0 Å². The van der Waals surface area contributed by atoms with Gasteiger partial charge in [-0.3, -0.25) is 4.79 Å². The first-order valence-corrected chi connectivity index (χ1v) is 3.99. The molecule has 0 saturated carbocycles. The van der Waals surface area contributed by atoms with E-state index in [1.807, 2.05) is 0 Å². The van der Waals surface area contributed by atoms with Crippen molar-refractivity contribution in [1.29, 1.82) is 0 Å². The van der Waals surface area contributed by atoms with Crippen LogP contribution < -0.4 is 0 Å². The van der Waals surface area contributed by atoms with Crippen molar-refractivity contribution in [2.75, 3.05) is 0 Å². The Labute approximate surface area is 94.3 Å². The van der Waals surface area contributed by atoms with Crippen molar-refractivity contribution in [2.24, 2.45) is 0 Å². The van der Waals surface area contributed by atoms with E-state index in [1.165, 1.54) is 19.3 Å². The molecule has 0 aliphatic carbocycles. The molecule has 0 aliphatic rings. The van der Waals surface area contributed by atoms with Crippen molar-refractivity contribution in [2.45, 2.75) is 45.4 Å². The molecule has 80 valence electrons. The van der Waals surface area contributed by atoms with Crippen molar-refractivity contribution in [1.82, 2.24) is 0 Å². The van der Waals surface area contributed by atoms with E-state index in [1.54, 1.807) is 0 Å². The van der Waals surface area contributed by atoms with E-state index in [-0.39, 0.29) is 33.0 Å². The van der Waals surface area contributed by atoms with Gasteiger partial charge in [0.25, 0.3) is 0 Å². The summed E-state index contributed by atoms with van der Waals surface area (Å²) in [6, 6.07) is 0. The van der Waals surface area contributed by atoms with Crippen LogP contribution in [-0.4, -0.2) is 11.1 Å². The molecule has 0 rings (SSSR count). The van der Waals surface area contributed by atoms with E-state index >= 15 is 0 Å². The molecule has 1 N–H and O–H groups in total. The van der Waals surface area contributed by atoms with E-state index in [9.17, 15) is 4.79 Å². The van der Waals surface area contributed by atoms with Gasteiger partial charge < -0.3 is 5.11 Å². The summed E-state index contributed by atoms with van der Waals surface area (Å²) < 4.78 is 0. The quantitative estimate of drug-likeness (QED) is 0.589. The number of carboxylic acid groups (broad SMARTS) is 1. The first-order valence-electron chi connectivity index (χ1n) is 3.99. The second kappa shape index (κ2) is 14.0. The second-order valence-corrected chi connectivity index (χ2v) is 2.56. The molecule has 0 spiro atoms. The van der Waals surface area contributed by atoms with Gasteiger partial charge in [0.15, 0.2) is 0 Å². The summed E-state index contributed by atoms with van der Waals surface area (Å²) in [7, 11) is 0. The zero-order valence-corrected chi connectivity index (χ0v) is 9.21. The Morgan fingerprint density at radius 3 is 2.00 bits per heavy atom. The third-order valence-corrected chi connectivity index (χ3v) is 1.49. The monoisotopic (exact) mass is 260 g/mol. The molecule has 0 aromatic rings. The molecule has 0 fully saturated rings. The normalized spacial score (nSPS) is 8.08. The zero-order valence-electron chi connectivity index (χ0n) is 7.23. The van der Waals surface area contributed by atoms with Gasteiger partial charge in [0.2, 0.25) is 0 Å². The number of hydrogen-bond acceptors (Lipinski definition) is 1. The molecule has 0 atom stereocenters. The van der Waals surface area contributed by atoms with Gasteiger partial charge in [-0.2, -0.15) is 0 Å². The minimum atomic E-state index is -0.670. The van der Waals surface area contributed by atoms with Crippen LogP contribution in [0, 0.1) is 0 Å².